The molecule has 1 aliphatic heterocycles. The maximum absolute atomic E-state index is 11.4. The predicted molar refractivity (Wildman–Crippen MR) is 43.6 cm³/mol. The van der Waals surface area contributed by atoms with Crippen LogP contribution in [0.1, 0.15) is 9.67 Å². The van der Waals surface area contributed by atoms with Crippen LogP contribution in [0.3, 0.4) is 0 Å². The number of fused-ring (bicyclic) bond motifs is 1. The topological polar surface area (TPSA) is 54.5 Å². The maximum Gasteiger partial charge on any atom is 0.278 e. The first-order valence-electron chi connectivity index (χ1n) is 3.16. The Morgan fingerprint density at radius 2 is 2.17 bits per heavy atom. The van der Waals surface area contributed by atoms with Crippen molar-refractivity contribution in [2.24, 2.45) is 0 Å². The minimum absolute atomic E-state index is 0.139. The molecule has 4 nitrogen and oxygen atoms in total. The van der Waals surface area contributed by atoms with Gasteiger partial charge in [0.25, 0.3) is 15.9 Å². The van der Waals surface area contributed by atoms with Crippen molar-refractivity contribution in [1.29, 1.82) is 0 Å². The smallest absolute Gasteiger partial charge is 0.267 e. The molecule has 0 saturated carbocycles. The lowest BCUT2D eigenvalue weighted by Gasteiger charge is -2.05. The zero-order valence-corrected chi connectivity index (χ0v) is 7.78. The molecule has 0 saturated heterocycles. The van der Waals surface area contributed by atoms with Gasteiger partial charge < -0.3 is 0 Å². The van der Waals surface area contributed by atoms with Gasteiger partial charge in [0.15, 0.2) is 0 Å². The Hall–Kier alpha value is -0.880. The van der Waals surface area contributed by atoms with Crippen LogP contribution in [0.2, 0.25) is 0 Å². The molecule has 6 heteroatoms. The van der Waals surface area contributed by atoms with Gasteiger partial charge in [-0.25, -0.2) is 12.7 Å². The summed E-state index contributed by atoms with van der Waals surface area (Å²) in [5.41, 5.74) is 0. The largest absolute Gasteiger partial charge is 0.278 e. The quantitative estimate of drug-likeness (QED) is 0.617. The van der Waals surface area contributed by atoms with Gasteiger partial charge in [-0.3, -0.25) is 4.79 Å². The lowest BCUT2D eigenvalue weighted by Crippen LogP contribution is -2.24. The minimum atomic E-state index is -3.50. The van der Waals surface area contributed by atoms with Crippen molar-refractivity contribution in [2.75, 3.05) is 7.05 Å². The summed E-state index contributed by atoms with van der Waals surface area (Å²) in [5.74, 6) is -0.431. The monoisotopic (exact) mass is 203 g/mol. The average molecular weight is 203 g/mol. The van der Waals surface area contributed by atoms with E-state index in [0.717, 1.165) is 15.6 Å². The molecule has 0 N–H and O–H groups in total. The maximum atomic E-state index is 11.4. The van der Waals surface area contributed by atoms with Crippen molar-refractivity contribution >= 4 is 27.3 Å². The molecular weight excluding hydrogens is 198 g/mol. The van der Waals surface area contributed by atoms with E-state index in [-0.39, 0.29) is 4.90 Å². The van der Waals surface area contributed by atoms with Gasteiger partial charge in [0.2, 0.25) is 0 Å². The van der Waals surface area contributed by atoms with Crippen LogP contribution in [0.4, 0.5) is 0 Å². The van der Waals surface area contributed by atoms with Crippen molar-refractivity contribution in [2.45, 2.75) is 4.90 Å². The van der Waals surface area contributed by atoms with Gasteiger partial charge >= 0.3 is 0 Å². The minimum Gasteiger partial charge on any atom is -0.267 e. The Balaban J connectivity index is 2.82. The molecule has 0 unspecified atom stereocenters. The van der Waals surface area contributed by atoms with Crippen LogP contribution in [-0.2, 0) is 10.0 Å². The fourth-order valence-electron chi connectivity index (χ4n) is 1.06. The molecule has 0 fully saturated rings. The molecule has 2 rings (SSSR count). The van der Waals surface area contributed by atoms with E-state index in [4.69, 9.17) is 0 Å². The SMILES string of the molecule is CN1C(=O)c2sccc2S1(=O)=O. The second-order valence-electron chi connectivity index (χ2n) is 2.39. The molecule has 1 aromatic rings. The molecule has 0 bridgehead atoms. The van der Waals surface area contributed by atoms with Gasteiger partial charge in [0.05, 0.1) is 0 Å². The lowest BCUT2D eigenvalue weighted by atomic mass is 10.4. The molecule has 1 aromatic heterocycles. The number of sulfonamides is 1. The van der Waals surface area contributed by atoms with E-state index in [1.54, 1.807) is 5.38 Å². The van der Waals surface area contributed by atoms with Gasteiger partial charge in [0.1, 0.15) is 9.77 Å². The Bertz CT molecular complexity index is 445. The van der Waals surface area contributed by atoms with Crippen molar-refractivity contribution < 1.29 is 13.2 Å². The van der Waals surface area contributed by atoms with Crippen LogP contribution in [0, 0.1) is 0 Å². The molecule has 1 aliphatic rings. The van der Waals surface area contributed by atoms with Gasteiger partial charge in [-0.2, -0.15) is 0 Å². The molecular formula is C6H5NO3S2. The summed E-state index contributed by atoms with van der Waals surface area (Å²) in [5, 5.41) is 1.60. The molecule has 0 atom stereocenters. The second-order valence-corrected chi connectivity index (χ2v) is 5.25. The van der Waals surface area contributed by atoms with E-state index >= 15 is 0 Å². The van der Waals surface area contributed by atoms with Crippen LogP contribution in [0.15, 0.2) is 16.3 Å². The number of hydrogen-bond donors (Lipinski definition) is 0. The highest BCUT2D eigenvalue weighted by Crippen LogP contribution is 2.32. The number of rotatable bonds is 0. The molecule has 2 heterocycles. The standard InChI is InChI=1S/C6H5NO3S2/c1-7-6(8)5-4(2-3-11-5)12(7,9)10/h2-3H,1H3. The summed E-state index contributed by atoms with van der Waals surface area (Å²) in [6, 6.07) is 1.46. The third-order valence-corrected chi connectivity index (χ3v) is 4.56. The number of carbonyl (C=O) groups is 1. The van der Waals surface area contributed by atoms with Crippen molar-refractivity contribution in [1.82, 2.24) is 4.31 Å². The summed E-state index contributed by atoms with van der Waals surface area (Å²) < 4.78 is 23.5. The highest BCUT2D eigenvalue weighted by Gasteiger charge is 2.39. The zero-order chi connectivity index (χ0) is 8.93. The van der Waals surface area contributed by atoms with Crippen molar-refractivity contribution in [3.8, 4) is 0 Å². The number of nitrogens with zero attached hydrogens (tertiary/aromatic N) is 1. The normalized spacial score (nSPS) is 19.8. The predicted octanol–water partition coefficient (Wildman–Crippen LogP) is 0.522. The summed E-state index contributed by atoms with van der Waals surface area (Å²) in [4.78, 5) is 11.7. The zero-order valence-electron chi connectivity index (χ0n) is 6.14. The van der Waals surface area contributed by atoms with Gasteiger partial charge in [-0.1, -0.05) is 0 Å². The first-order chi connectivity index (χ1) is 5.55. The Labute approximate surface area is 73.5 Å². The first-order valence-corrected chi connectivity index (χ1v) is 5.48. The Morgan fingerprint density at radius 1 is 1.50 bits per heavy atom. The first kappa shape index (κ1) is 7.75. The average Bonchev–Trinajstić information content (AvgIpc) is 2.54. The van der Waals surface area contributed by atoms with E-state index in [9.17, 15) is 13.2 Å². The Morgan fingerprint density at radius 3 is 2.75 bits per heavy atom. The lowest BCUT2D eigenvalue weighted by molar-refractivity contribution is 0.0896. The summed E-state index contributed by atoms with van der Waals surface area (Å²) in [7, 11) is -2.23. The van der Waals surface area contributed by atoms with Crippen LogP contribution in [0.25, 0.3) is 0 Å². The number of hydrogen-bond acceptors (Lipinski definition) is 4. The van der Waals surface area contributed by atoms with Crippen LogP contribution in [0.5, 0.6) is 0 Å². The highest BCUT2D eigenvalue weighted by molar-refractivity contribution is 7.90. The van der Waals surface area contributed by atoms with Gasteiger partial charge in [-0.15, -0.1) is 11.3 Å². The fourth-order valence-corrected chi connectivity index (χ4v) is 3.59. The third kappa shape index (κ3) is 0.709. The number of amides is 1. The molecule has 1 amide bonds. The molecule has 0 aromatic carbocycles. The van der Waals surface area contributed by atoms with Crippen molar-refractivity contribution in [3.05, 3.63) is 16.3 Å². The molecule has 0 radical (unpaired) electrons. The number of carbonyl (C=O) groups excluding carboxylic acids is 1. The molecule has 0 spiro atoms. The van der Waals surface area contributed by atoms with E-state index in [2.05, 4.69) is 0 Å². The van der Waals surface area contributed by atoms with E-state index < -0.39 is 15.9 Å². The molecule has 64 valence electrons. The van der Waals surface area contributed by atoms with Crippen LogP contribution >= 0.6 is 11.3 Å². The van der Waals surface area contributed by atoms with Crippen LogP contribution < -0.4 is 0 Å². The number of thiophene rings is 1. The summed E-state index contributed by atoms with van der Waals surface area (Å²) >= 11 is 1.16. The summed E-state index contributed by atoms with van der Waals surface area (Å²) in [6.45, 7) is 0. The fraction of sp³-hybridized carbons (Fsp3) is 0.167. The van der Waals surface area contributed by atoms with E-state index in [0.29, 0.717) is 4.88 Å². The summed E-state index contributed by atoms with van der Waals surface area (Å²) in [6.07, 6.45) is 0. The van der Waals surface area contributed by atoms with Crippen LogP contribution in [-0.4, -0.2) is 25.7 Å². The second kappa shape index (κ2) is 2.08. The van der Waals surface area contributed by atoms with Gasteiger partial charge in [-0.05, 0) is 11.4 Å². The van der Waals surface area contributed by atoms with E-state index in [1.807, 2.05) is 0 Å². The molecule has 12 heavy (non-hydrogen) atoms. The van der Waals surface area contributed by atoms with E-state index in [1.165, 1.54) is 13.1 Å². The third-order valence-electron chi connectivity index (χ3n) is 1.75. The highest BCUT2D eigenvalue weighted by atomic mass is 32.2. The Kier molecular flexibility index (Phi) is 1.34. The van der Waals surface area contributed by atoms with Crippen molar-refractivity contribution in [3.63, 3.8) is 0 Å². The van der Waals surface area contributed by atoms with Gasteiger partial charge in [0, 0.05) is 7.05 Å². The molecule has 0 aliphatic carbocycles.